The van der Waals surface area contributed by atoms with Crippen LogP contribution in [0.4, 0.5) is 24.5 Å². The van der Waals surface area contributed by atoms with Crippen LogP contribution >= 0.6 is 0 Å². The molecule has 0 aromatic heterocycles. The zero-order valence-electron chi connectivity index (χ0n) is 19.0. The van der Waals surface area contributed by atoms with Crippen LogP contribution in [0.3, 0.4) is 0 Å². The number of hydrogen-bond donors (Lipinski definition) is 1. The van der Waals surface area contributed by atoms with E-state index in [0.29, 0.717) is 43.5 Å². The van der Waals surface area contributed by atoms with Gasteiger partial charge in [-0.3, -0.25) is 14.9 Å². The molecule has 1 aliphatic heterocycles. The highest BCUT2D eigenvalue weighted by molar-refractivity contribution is 5.79. The van der Waals surface area contributed by atoms with Gasteiger partial charge in [0, 0.05) is 30.6 Å². The zero-order chi connectivity index (χ0) is 25.0. The molecule has 2 aromatic rings. The first-order valence-corrected chi connectivity index (χ1v) is 10.7. The maximum Gasteiger partial charge on any atom is 0.416 e. The fraction of sp³-hybridized carbons (Fsp3) is 0.435. The summed E-state index contributed by atoms with van der Waals surface area (Å²) in [5.74, 6) is 0.740. The van der Waals surface area contributed by atoms with Crippen LogP contribution in [0, 0.1) is 16.0 Å². The van der Waals surface area contributed by atoms with Crippen molar-refractivity contribution in [3.63, 3.8) is 0 Å². The number of alkyl halides is 3. The number of ether oxygens (including phenoxy) is 2. The number of amides is 1. The molecule has 2 aromatic carbocycles. The Hall–Kier alpha value is -3.50. The normalized spacial score (nSPS) is 15.5. The Morgan fingerprint density at radius 2 is 1.82 bits per heavy atom. The number of carbonyl (C=O) groups is 1. The Kier molecular flexibility index (Phi) is 7.53. The number of nitrogens with zero attached hydrogens (tertiary/aromatic N) is 2. The Bertz CT molecular complexity index is 1050. The lowest BCUT2D eigenvalue weighted by molar-refractivity contribution is -0.384. The molecule has 1 fully saturated rings. The van der Waals surface area contributed by atoms with Crippen LogP contribution in [0.25, 0.3) is 0 Å². The van der Waals surface area contributed by atoms with Crippen LogP contribution in [0.5, 0.6) is 11.5 Å². The summed E-state index contributed by atoms with van der Waals surface area (Å²) < 4.78 is 49.5. The van der Waals surface area contributed by atoms with E-state index in [0.717, 1.165) is 17.7 Å². The fourth-order valence-corrected chi connectivity index (χ4v) is 4.08. The van der Waals surface area contributed by atoms with Gasteiger partial charge in [0.05, 0.1) is 30.7 Å². The summed E-state index contributed by atoms with van der Waals surface area (Å²) in [6, 6.07) is 7.46. The fourth-order valence-electron chi connectivity index (χ4n) is 4.08. The van der Waals surface area contributed by atoms with Crippen molar-refractivity contribution < 1.29 is 32.4 Å². The highest BCUT2D eigenvalue weighted by atomic mass is 19.4. The Morgan fingerprint density at radius 1 is 1.15 bits per heavy atom. The van der Waals surface area contributed by atoms with Crippen LogP contribution in [0.2, 0.25) is 0 Å². The van der Waals surface area contributed by atoms with Crippen molar-refractivity contribution in [3.8, 4) is 11.5 Å². The first-order chi connectivity index (χ1) is 16.0. The second-order valence-electron chi connectivity index (χ2n) is 8.06. The standard InChI is InChI=1S/C23H26F3N3O5/c1-14(18-13-17(33-2)5-7-21(18)34-3)27-22(30)15-8-10-28(11-9-15)19-6-4-16(23(24,25)26)12-20(19)29(31)32/h4-7,12-15H,8-11H2,1-3H3,(H,27,30). The highest BCUT2D eigenvalue weighted by Gasteiger charge is 2.35. The van der Waals surface area contributed by atoms with Gasteiger partial charge in [-0.15, -0.1) is 0 Å². The first-order valence-electron chi connectivity index (χ1n) is 10.7. The minimum absolute atomic E-state index is 0.117. The molecule has 1 aliphatic rings. The lowest BCUT2D eigenvalue weighted by atomic mass is 9.94. The average molecular weight is 481 g/mol. The second-order valence-corrected chi connectivity index (χ2v) is 8.06. The number of anilines is 1. The molecule has 8 nitrogen and oxygen atoms in total. The number of piperidine rings is 1. The number of carbonyl (C=O) groups excluding carboxylic acids is 1. The van der Waals surface area contributed by atoms with Crippen molar-refractivity contribution in [2.24, 2.45) is 5.92 Å². The Morgan fingerprint density at radius 3 is 2.38 bits per heavy atom. The van der Waals surface area contributed by atoms with Gasteiger partial charge in [0.1, 0.15) is 17.2 Å². The van der Waals surface area contributed by atoms with E-state index in [4.69, 9.17) is 9.47 Å². The third kappa shape index (κ3) is 5.52. The molecule has 1 atom stereocenters. The highest BCUT2D eigenvalue weighted by Crippen LogP contribution is 2.38. The smallest absolute Gasteiger partial charge is 0.416 e. The quantitative estimate of drug-likeness (QED) is 0.454. The van der Waals surface area contributed by atoms with Crippen molar-refractivity contribution in [2.45, 2.75) is 32.0 Å². The number of hydrogen-bond acceptors (Lipinski definition) is 6. The van der Waals surface area contributed by atoms with Crippen LogP contribution in [-0.4, -0.2) is 38.1 Å². The molecular formula is C23H26F3N3O5. The molecule has 1 heterocycles. The van der Waals surface area contributed by atoms with Gasteiger partial charge in [0.2, 0.25) is 5.91 Å². The van der Waals surface area contributed by atoms with Crippen LogP contribution in [0.1, 0.15) is 36.9 Å². The molecule has 0 spiro atoms. The average Bonchev–Trinajstić information content (AvgIpc) is 2.82. The number of methoxy groups -OCH3 is 2. The summed E-state index contributed by atoms with van der Waals surface area (Å²) in [7, 11) is 3.08. The van der Waals surface area contributed by atoms with Crippen LogP contribution in [-0.2, 0) is 11.0 Å². The molecule has 34 heavy (non-hydrogen) atoms. The van der Waals surface area contributed by atoms with Crippen LogP contribution in [0.15, 0.2) is 36.4 Å². The molecule has 0 saturated carbocycles. The Balaban J connectivity index is 1.67. The summed E-state index contributed by atoms with van der Waals surface area (Å²) in [6.07, 6.45) is -3.85. The SMILES string of the molecule is COc1ccc(OC)c(C(C)NC(=O)C2CCN(c3ccc(C(F)(F)F)cc3[N+](=O)[O-])CC2)c1. The number of benzene rings is 2. The van der Waals surface area contributed by atoms with E-state index in [2.05, 4.69) is 5.32 Å². The molecule has 1 N–H and O–H groups in total. The number of rotatable bonds is 7. The van der Waals surface area contributed by atoms with Gasteiger partial charge >= 0.3 is 6.18 Å². The van der Waals surface area contributed by atoms with Gasteiger partial charge in [-0.25, -0.2) is 0 Å². The lowest BCUT2D eigenvalue weighted by Crippen LogP contribution is -2.41. The number of nitrogens with one attached hydrogen (secondary N) is 1. The van der Waals surface area contributed by atoms with Crippen molar-refractivity contribution in [1.29, 1.82) is 0 Å². The monoisotopic (exact) mass is 481 g/mol. The third-order valence-electron chi connectivity index (χ3n) is 5.97. The summed E-state index contributed by atoms with van der Waals surface area (Å²) in [6.45, 7) is 2.44. The zero-order valence-corrected chi connectivity index (χ0v) is 19.0. The van der Waals surface area contributed by atoms with Crippen LogP contribution < -0.4 is 19.7 Å². The van der Waals surface area contributed by atoms with Crippen molar-refractivity contribution in [3.05, 3.63) is 57.6 Å². The molecule has 184 valence electrons. The topological polar surface area (TPSA) is 93.9 Å². The number of nitro groups is 1. The molecule has 0 radical (unpaired) electrons. The lowest BCUT2D eigenvalue weighted by Gasteiger charge is -2.33. The minimum atomic E-state index is -4.67. The molecule has 0 bridgehead atoms. The van der Waals surface area contributed by atoms with E-state index in [9.17, 15) is 28.1 Å². The molecule has 1 unspecified atom stereocenters. The summed E-state index contributed by atoms with van der Waals surface area (Å²) in [5, 5.41) is 14.4. The third-order valence-corrected chi connectivity index (χ3v) is 5.97. The number of halogens is 3. The summed E-state index contributed by atoms with van der Waals surface area (Å²) in [4.78, 5) is 25.1. The molecule has 11 heteroatoms. The largest absolute Gasteiger partial charge is 0.497 e. The molecule has 0 aliphatic carbocycles. The molecule has 1 saturated heterocycles. The van der Waals surface area contributed by atoms with Crippen molar-refractivity contribution in [1.82, 2.24) is 5.32 Å². The maximum atomic E-state index is 13.0. The van der Waals surface area contributed by atoms with Gasteiger partial charge in [0.15, 0.2) is 0 Å². The van der Waals surface area contributed by atoms with Gasteiger partial charge in [0.25, 0.3) is 5.69 Å². The molecule has 3 rings (SSSR count). The maximum absolute atomic E-state index is 13.0. The van der Waals surface area contributed by atoms with Gasteiger partial charge in [-0.05, 0) is 50.1 Å². The van der Waals surface area contributed by atoms with Crippen molar-refractivity contribution >= 4 is 17.3 Å². The predicted molar refractivity (Wildman–Crippen MR) is 119 cm³/mol. The van der Waals surface area contributed by atoms with E-state index in [1.54, 1.807) is 30.2 Å². The molecule has 1 amide bonds. The second kappa shape index (κ2) is 10.2. The molecular weight excluding hydrogens is 455 g/mol. The van der Waals surface area contributed by atoms with Gasteiger partial charge in [-0.1, -0.05) is 0 Å². The van der Waals surface area contributed by atoms with Gasteiger partial charge in [-0.2, -0.15) is 13.2 Å². The summed E-state index contributed by atoms with van der Waals surface area (Å²) >= 11 is 0. The number of nitro benzene ring substituents is 1. The van der Waals surface area contributed by atoms with E-state index in [1.165, 1.54) is 7.11 Å². The van der Waals surface area contributed by atoms with Gasteiger partial charge < -0.3 is 19.7 Å². The first kappa shape index (κ1) is 25.1. The minimum Gasteiger partial charge on any atom is -0.497 e. The van der Waals surface area contributed by atoms with E-state index in [-0.39, 0.29) is 23.6 Å². The van der Waals surface area contributed by atoms with Crippen molar-refractivity contribution in [2.75, 3.05) is 32.2 Å². The Labute approximate surface area is 194 Å². The van der Waals surface area contributed by atoms with E-state index in [1.807, 2.05) is 6.92 Å². The van der Waals surface area contributed by atoms with E-state index < -0.39 is 22.4 Å². The summed E-state index contributed by atoms with van der Waals surface area (Å²) in [5.41, 5.74) is -0.796. The van der Waals surface area contributed by atoms with E-state index >= 15 is 0 Å². The predicted octanol–water partition coefficient (Wildman–Crippen LogP) is 4.72.